The van der Waals surface area contributed by atoms with Gasteiger partial charge in [0.05, 0.1) is 11.2 Å². The molecule has 1 aromatic heterocycles. The van der Waals surface area contributed by atoms with Crippen LogP contribution >= 0.6 is 11.6 Å². The molecule has 0 spiro atoms. The predicted octanol–water partition coefficient (Wildman–Crippen LogP) is 3.86. The molecular weight excluding hydrogens is 310 g/mol. The smallest absolute Gasteiger partial charge is 0.202 e. The number of aryl methyl sites for hydroxylation is 2. The zero-order valence-corrected chi connectivity index (χ0v) is 13.3. The summed E-state index contributed by atoms with van der Waals surface area (Å²) in [6.45, 7) is 3.81. The van der Waals surface area contributed by atoms with E-state index in [2.05, 4.69) is 20.2 Å². The molecule has 0 radical (unpaired) electrons. The molecule has 0 bridgehead atoms. The van der Waals surface area contributed by atoms with Crippen molar-refractivity contribution < 1.29 is 0 Å². The molecule has 5 nitrogen and oxygen atoms in total. The van der Waals surface area contributed by atoms with Crippen LogP contribution in [-0.2, 0) is 0 Å². The summed E-state index contributed by atoms with van der Waals surface area (Å²) in [5, 5.41) is 9.65. The lowest BCUT2D eigenvalue weighted by atomic mass is 10.0. The number of pyridine rings is 1. The minimum absolute atomic E-state index is 0.531. The first-order valence-electron chi connectivity index (χ1n) is 7.15. The van der Waals surface area contributed by atoms with E-state index in [0.717, 1.165) is 33.4 Å². The van der Waals surface area contributed by atoms with Crippen molar-refractivity contribution >= 4 is 22.5 Å². The Hall–Kier alpha value is -2.66. The minimum Gasteiger partial charge on any atom is -0.260 e. The van der Waals surface area contributed by atoms with Crippen molar-refractivity contribution in [2.75, 3.05) is 0 Å². The topological polar surface area (TPSA) is 64.5 Å². The molecule has 112 valence electrons. The first-order chi connectivity index (χ1) is 11.1. The van der Waals surface area contributed by atoms with Crippen molar-refractivity contribution in [3.05, 3.63) is 53.1 Å². The Bertz CT molecular complexity index is 1010. The summed E-state index contributed by atoms with van der Waals surface area (Å²) in [6.07, 6.45) is 3.55. The summed E-state index contributed by atoms with van der Waals surface area (Å²) in [6, 6.07) is 7.66. The summed E-state index contributed by atoms with van der Waals surface area (Å²) >= 11 is 6.36. The van der Waals surface area contributed by atoms with E-state index in [-0.39, 0.29) is 0 Å². The van der Waals surface area contributed by atoms with Gasteiger partial charge in [-0.2, -0.15) is 5.10 Å². The van der Waals surface area contributed by atoms with Gasteiger partial charge in [-0.3, -0.25) is 4.98 Å². The number of fused-ring (bicyclic) bond motifs is 2. The quantitative estimate of drug-likeness (QED) is 0.532. The molecule has 3 heterocycles. The van der Waals surface area contributed by atoms with Crippen LogP contribution in [0.5, 0.6) is 0 Å². The molecule has 0 amide bonds. The first-order valence-corrected chi connectivity index (χ1v) is 7.53. The van der Waals surface area contributed by atoms with Crippen molar-refractivity contribution in [1.82, 2.24) is 25.1 Å². The summed E-state index contributed by atoms with van der Waals surface area (Å²) in [5.74, 6) is 0.531. The highest BCUT2D eigenvalue weighted by molar-refractivity contribution is 6.33. The molecule has 1 aromatic carbocycles. The third-order valence-corrected chi connectivity index (χ3v) is 4.17. The van der Waals surface area contributed by atoms with Gasteiger partial charge >= 0.3 is 0 Å². The lowest BCUT2D eigenvalue weighted by Gasteiger charge is -2.07. The molecule has 2 aliphatic heterocycles. The molecule has 0 atom stereocenters. The van der Waals surface area contributed by atoms with E-state index in [9.17, 15) is 0 Å². The molecule has 0 saturated carbocycles. The van der Waals surface area contributed by atoms with E-state index in [0.29, 0.717) is 16.5 Å². The molecule has 23 heavy (non-hydrogen) atoms. The van der Waals surface area contributed by atoms with Gasteiger partial charge in [0.25, 0.3) is 0 Å². The highest BCUT2D eigenvalue weighted by atomic mass is 35.5. The van der Waals surface area contributed by atoms with Crippen LogP contribution < -0.4 is 0 Å². The van der Waals surface area contributed by atoms with Crippen LogP contribution in [0.15, 0.2) is 36.7 Å². The number of nitrogens with zero attached hydrogens (tertiary/aromatic N) is 5. The van der Waals surface area contributed by atoms with Gasteiger partial charge in [0.2, 0.25) is 5.82 Å². The maximum atomic E-state index is 6.36. The number of benzene rings is 1. The Morgan fingerprint density at radius 2 is 1.70 bits per heavy atom. The fraction of sp³-hybridized carbons (Fsp3) is 0.118. The molecule has 0 aliphatic carbocycles. The molecule has 2 aromatic rings. The zero-order valence-electron chi connectivity index (χ0n) is 12.6. The highest BCUT2D eigenvalue weighted by Gasteiger charge is 2.16. The average Bonchev–Trinajstić information content (AvgIpc) is 2.78. The second-order valence-corrected chi connectivity index (χ2v) is 5.73. The van der Waals surface area contributed by atoms with Crippen molar-refractivity contribution in [1.29, 1.82) is 0 Å². The maximum absolute atomic E-state index is 6.36. The van der Waals surface area contributed by atoms with Crippen LogP contribution in [0.1, 0.15) is 11.4 Å². The maximum Gasteiger partial charge on any atom is 0.202 e. The molecule has 0 N–H and O–H groups in total. The fourth-order valence-corrected chi connectivity index (χ4v) is 2.83. The van der Waals surface area contributed by atoms with E-state index in [1.54, 1.807) is 12.4 Å². The van der Waals surface area contributed by atoms with Gasteiger partial charge in [-0.1, -0.05) is 29.8 Å². The summed E-state index contributed by atoms with van der Waals surface area (Å²) in [7, 11) is 0. The van der Waals surface area contributed by atoms with Gasteiger partial charge in [0, 0.05) is 39.6 Å². The Balaban J connectivity index is 2.16. The van der Waals surface area contributed by atoms with Gasteiger partial charge in [0.15, 0.2) is 0 Å². The van der Waals surface area contributed by atoms with Crippen LogP contribution in [0.2, 0.25) is 5.02 Å². The lowest BCUT2D eigenvalue weighted by Crippen LogP contribution is -1.90. The van der Waals surface area contributed by atoms with Crippen LogP contribution in [0, 0.1) is 13.8 Å². The summed E-state index contributed by atoms with van der Waals surface area (Å²) in [5.41, 5.74) is 4.87. The van der Waals surface area contributed by atoms with E-state index in [1.807, 2.05) is 38.1 Å². The third-order valence-electron chi connectivity index (χ3n) is 3.84. The fourth-order valence-electron chi connectivity index (χ4n) is 2.59. The third kappa shape index (κ3) is 2.21. The predicted molar refractivity (Wildman–Crippen MR) is 89.5 cm³/mol. The molecule has 4 rings (SSSR count). The largest absolute Gasteiger partial charge is 0.260 e. The molecular formula is C17H12ClN5. The summed E-state index contributed by atoms with van der Waals surface area (Å²) in [4.78, 5) is 13.7. The van der Waals surface area contributed by atoms with Crippen molar-refractivity contribution in [2.45, 2.75) is 13.8 Å². The van der Waals surface area contributed by atoms with Crippen molar-refractivity contribution in [3.63, 3.8) is 0 Å². The molecule has 6 heteroatoms. The Morgan fingerprint density at radius 1 is 0.870 bits per heavy atom. The second kappa shape index (κ2) is 5.21. The molecule has 0 fully saturated rings. The van der Waals surface area contributed by atoms with Crippen LogP contribution in [0.4, 0.5) is 0 Å². The summed E-state index contributed by atoms with van der Waals surface area (Å²) < 4.78 is 0. The number of hydrogen-bond donors (Lipinski definition) is 0. The monoisotopic (exact) mass is 321 g/mol. The standard InChI is InChI=1S/C17H12ClN5/c1-9-12-7-20-17-15(10(2)22-23-17)21-16(12)13(8-19-9)11-5-3-4-6-14(11)18/h3-8H,1-2H3. The van der Waals surface area contributed by atoms with E-state index >= 15 is 0 Å². The lowest BCUT2D eigenvalue weighted by molar-refractivity contribution is 1.04. The van der Waals surface area contributed by atoms with Crippen LogP contribution in [-0.4, -0.2) is 25.1 Å². The Morgan fingerprint density at radius 3 is 2.52 bits per heavy atom. The minimum atomic E-state index is 0.531. The number of rotatable bonds is 1. The molecule has 2 aliphatic rings. The Kier molecular flexibility index (Phi) is 3.16. The second-order valence-electron chi connectivity index (χ2n) is 5.33. The van der Waals surface area contributed by atoms with Crippen molar-refractivity contribution in [3.8, 4) is 22.6 Å². The van der Waals surface area contributed by atoms with Gasteiger partial charge in [0.1, 0.15) is 5.69 Å². The SMILES string of the molecule is Cc1nnc2ncc3c(C)ncc(-c4ccccc4Cl)c3nc1-2. The number of aromatic nitrogens is 5. The zero-order chi connectivity index (χ0) is 16.0. The first kappa shape index (κ1) is 14.0. The highest BCUT2D eigenvalue weighted by Crippen LogP contribution is 2.33. The van der Waals surface area contributed by atoms with Gasteiger partial charge in [-0.25, -0.2) is 9.97 Å². The van der Waals surface area contributed by atoms with E-state index < -0.39 is 0 Å². The number of halogens is 1. The van der Waals surface area contributed by atoms with Crippen LogP contribution in [0.3, 0.4) is 0 Å². The number of hydrogen-bond acceptors (Lipinski definition) is 5. The Labute approximate surface area is 137 Å². The van der Waals surface area contributed by atoms with Gasteiger partial charge in [-0.05, 0) is 19.9 Å². The van der Waals surface area contributed by atoms with Gasteiger partial charge in [-0.15, -0.1) is 5.10 Å². The molecule has 0 unspecified atom stereocenters. The van der Waals surface area contributed by atoms with Gasteiger partial charge < -0.3 is 0 Å². The normalized spacial score (nSPS) is 11.3. The molecule has 0 saturated heterocycles. The van der Waals surface area contributed by atoms with E-state index in [1.165, 1.54) is 0 Å². The van der Waals surface area contributed by atoms with Crippen LogP contribution in [0.25, 0.3) is 33.5 Å². The van der Waals surface area contributed by atoms with Crippen molar-refractivity contribution in [2.24, 2.45) is 0 Å². The average molecular weight is 322 g/mol. The van der Waals surface area contributed by atoms with E-state index in [4.69, 9.17) is 16.6 Å².